The summed E-state index contributed by atoms with van der Waals surface area (Å²) in [7, 11) is 0. The molecule has 0 aromatic heterocycles. The van der Waals surface area contributed by atoms with Crippen LogP contribution < -0.4 is 11.1 Å². The highest BCUT2D eigenvalue weighted by atomic mass is 35.5. The summed E-state index contributed by atoms with van der Waals surface area (Å²) in [6.07, 6.45) is 1.02. The van der Waals surface area contributed by atoms with Crippen LogP contribution in [0.5, 0.6) is 0 Å². The van der Waals surface area contributed by atoms with Crippen LogP contribution in [0, 0.1) is 6.92 Å². The van der Waals surface area contributed by atoms with Crippen molar-refractivity contribution in [3.63, 3.8) is 0 Å². The van der Waals surface area contributed by atoms with Crippen molar-refractivity contribution >= 4 is 28.7 Å². The molecule has 0 saturated heterocycles. The van der Waals surface area contributed by atoms with E-state index in [1.165, 1.54) is 11.1 Å². The van der Waals surface area contributed by atoms with Crippen LogP contribution >= 0.6 is 11.6 Å². The largest absolute Gasteiger partial charge is 0.396 e. The summed E-state index contributed by atoms with van der Waals surface area (Å²) in [5.41, 5.74) is 11.0. The Balaban J connectivity index is 2.31. The van der Waals surface area contributed by atoms with E-state index in [1.807, 2.05) is 12.1 Å². The van der Waals surface area contributed by atoms with E-state index in [9.17, 15) is 0 Å². The van der Waals surface area contributed by atoms with Gasteiger partial charge in [-0.2, -0.15) is 0 Å². The fourth-order valence-corrected chi connectivity index (χ4v) is 2.11. The van der Waals surface area contributed by atoms with Gasteiger partial charge in [0.1, 0.15) is 0 Å². The van der Waals surface area contributed by atoms with E-state index < -0.39 is 0 Å². The predicted molar refractivity (Wildman–Crippen MR) is 79.7 cm³/mol. The zero-order chi connectivity index (χ0) is 13.1. The number of para-hydroxylation sites is 1. The summed E-state index contributed by atoms with van der Waals surface area (Å²) < 4.78 is 0. The van der Waals surface area contributed by atoms with Crippen molar-refractivity contribution in [2.45, 2.75) is 20.3 Å². The quantitative estimate of drug-likeness (QED) is 0.796. The molecule has 0 fully saturated rings. The van der Waals surface area contributed by atoms with Crippen LogP contribution in [0.25, 0.3) is 0 Å². The lowest BCUT2D eigenvalue weighted by molar-refractivity contribution is 1.11. The Bertz CT molecular complexity index is 564. The van der Waals surface area contributed by atoms with Crippen molar-refractivity contribution in [2.24, 2.45) is 0 Å². The van der Waals surface area contributed by atoms with Crippen molar-refractivity contribution in [3.8, 4) is 0 Å². The minimum Gasteiger partial charge on any atom is -0.396 e. The molecule has 2 nitrogen and oxygen atoms in total. The fourth-order valence-electron chi connectivity index (χ4n) is 1.93. The van der Waals surface area contributed by atoms with Crippen LogP contribution in [0.1, 0.15) is 18.1 Å². The maximum Gasteiger partial charge on any atom is 0.0742 e. The molecule has 0 atom stereocenters. The highest BCUT2D eigenvalue weighted by Gasteiger charge is 2.04. The first kappa shape index (κ1) is 12.8. The third kappa shape index (κ3) is 2.59. The molecule has 0 aliphatic heterocycles. The zero-order valence-corrected chi connectivity index (χ0v) is 11.4. The van der Waals surface area contributed by atoms with Crippen LogP contribution in [0.4, 0.5) is 17.1 Å². The molecule has 18 heavy (non-hydrogen) atoms. The van der Waals surface area contributed by atoms with Crippen molar-refractivity contribution in [2.75, 3.05) is 11.1 Å². The third-order valence-electron chi connectivity index (χ3n) is 3.06. The molecule has 0 radical (unpaired) electrons. The summed E-state index contributed by atoms with van der Waals surface area (Å²) in [4.78, 5) is 0. The summed E-state index contributed by atoms with van der Waals surface area (Å²) in [6.45, 7) is 4.27. The summed E-state index contributed by atoms with van der Waals surface area (Å²) in [6, 6.07) is 11.9. The van der Waals surface area contributed by atoms with Crippen molar-refractivity contribution in [1.29, 1.82) is 0 Å². The monoisotopic (exact) mass is 260 g/mol. The SMILES string of the molecule is CCc1cc(Nc2cccc(Cl)c2N)ccc1C. The maximum atomic E-state index is 6.00. The first-order valence-corrected chi connectivity index (χ1v) is 6.40. The molecule has 0 saturated carbocycles. The van der Waals surface area contributed by atoms with Gasteiger partial charge in [0, 0.05) is 5.69 Å². The topological polar surface area (TPSA) is 38.0 Å². The van der Waals surface area contributed by atoms with Crippen LogP contribution in [0.2, 0.25) is 5.02 Å². The number of rotatable bonds is 3. The molecule has 94 valence electrons. The smallest absolute Gasteiger partial charge is 0.0742 e. The molecule has 2 rings (SSSR count). The fraction of sp³-hybridized carbons (Fsp3) is 0.200. The Hall–Kier alpha value is -1.67. The number of halogens is 1. The average molecular weight is 261 g/mol. The Kier molecular flexibility index (Phi) is 3.78. The number of anilines is 3. The zero-order valence-electron chi connectivity index (χ0n) is 10.6. The van der Waals surface area contributed by atoms with E-state index in [0.29, 0.717) is 10.7 Å². The molecule has 0 heterocycles. The number of nitrogens with one attached hydrogen (secondary N) is 1. The molecule has 0 bridgehead atoms. The Morgan fingerprint density at radius 3 is 2.72 bits per heavy atom. The highest BCUT2D eigenvalue weighted by molar-refractivity contribution is 6.33. The molecule has 0 amide bonds. The molecule has 0 aliphatic rings. The molecule has 0 aliphatic carbocycles. The number of hydrogen-bond donors (Lipinski definition) is 2. The van der Waals surface area contributed by atoms with Crippen LogP contribution in [0.15, 0.2) is 36.4 Å². The van der Waals surface area contributed by atoms with Crippen molar-refractivity contribution in [3.05, 3.63) is 52.5 Å². The van der Waals surface area contributed by atoms with Crippen LogP contribution in [-0.2, 0) is 6.42 Å². The molecule has 0 spiro atoms. The van der Waals surface area contributed by atoms with Gasteiger partial charge in [-0.3, -0.25) is 0 Å². The number of hydrogen-bond acceptors (Lipinski definition) is 2. The molecule has 0 unspecified atom stereocenters. The lowest BCUT2D eigenvalue weighted by Gasteiger charge is -2.12. The predicted octanol–water partition coefficient (Wildman–Crippen LogP) is 4.54. The molecular weight excluding hydrogens is 244 g/mol. The molecule has 2 aromatic carbocycles. The van der Waals surface area contributed by atoms with Gasteiger partial charge in [-0.05, 0) is 48.7 Å². The highest BCUT2D eigenvalue weighted by Crippen LogP contribution is 2.30. The van der Waals surface area contributed by atoms with Crippen molar-refractivity contribution < 1.29 is 0 Å². The second kappa shape index (κ2) is 5.32. The van der Waals surface area contributed by atoms with E-state index in [0.717, 1.165) is 17.8 Å². The van der Waals surface area contributed by atoms with Gasteiger partial charge < -0.3 is 11.1 Å². The Labute approximate surface area is 113 Å². The van der Waals surface area contributed by atoms with Gasteiger partial charge in [0.25, 0.3) is 0 Å². The molecular formula is C15H17ClN2. The summed E-state index contributed by atoms with van der Waals surface area (Å²) in [5, 5.41) is 3.88. The molecule has 2 aromatic rings. The second-order valence-electron chi connectivity index (χ2n) is 4.32. The summed E-state index contributed by atoms with van der Waals surface area (Å²) >= 11 is 6.00. The number of nitrogen functional groups attached to an aromatic ring is 1. The van der Waals surface area contributed by atoms with E-state index in [2.05, 4.69) is 37.4 Å². The van der Waals surface area contributed by atoms with Gasteiger partial charge in [-0.25, -0.2) is 0 Å². The standard InChI is InChI=1S/C15H17ClN2/c1-3-11-9-12(8-7-10(11)2)18-14-6-4-5-13(16)15(14)17/h4-9,18H,3,17H2,1-2H3. The normalized spacial score (nSPS) is 10.4. The van der Waals surface area contributed by atoms with E-state index in [1.54, 1.807) is 6.07 Å². The summed E-state index contributed by atoms with van der Waals surface area (Å²) in [5.74, 6) is 0. The van der Waals surface area contributed by atoms with Crippen LogP contribution in [-0.4, -0.2) is 0 Å². The Morgan fingerprint density at radius 1 is 1.22 bits per heavy atom. The first-order valence-electron chi connectivity index (χ1n) is 6.02. The third-order valence-corrected chi connectivity index (χ3v) is 3.39. The number of aryl methyl sites for hydroxylation is 2. The van der Waals surface area contributed by atoms with Gasteiger partial charge in [-0.15, -0.1) is 0 Å². The average Bonchev–Trinajstić information content (AvgIpc) is 2.37. The lowest BCUT2D eigenvalue weighted by Crippen LogP contribution is -1.98. The van der Waals surface area contributed by atoms with E-state index >= 15 is 0 Å². The van der Waals surface area contributed by atoms with Gasteiger partial charge in [0.15, 0.2) is 0 Å². The minimum absolute atomic E-state index is 0.572. The van der Waals surface area contributed by atoms with Gasteiger partial charge in [0.2, 0.25) is 0 Å². The van der Waals surface area contributed by atoms with Gasteiger partial charge in [0.05, 0.1) is 16.4 Å². The van der Waals surface area contributed by atoms with Crippen LogP contribution in [0.3, 0.4) is 0 Å². The number of nitrogens with two attached hydrogens (primary N) is 1. The lowest BCUT2D eigenvalue weighted by atomic mass is 10.1. The van der Waals surface area contributed by atoms with E-state index in [4.69, 9.17) is 17.3 Å². The molecule has 3 heteroatoms. The van der Waals surface area contributed by atoms with E-state index in [-0.39, 0.29) is 0 Å². The molecule has 3 N–H and O–H groups in total. The maximum absolute atomic E-state index is 6.00. The van der Waals surface area contributed by atoms with Gasteiger partial charge >= 0.3 is 0 Å². The van der Waals surface area contributed by atoms with Crippen molar-refractivity contribution in [1.82, 2.24) is 0 Å². The second-order valence-corrected chi connectivity index (χ2v) is 4.73. The number of benzene rings is 2. The van der Waals surface area contributed by atoms with Gasteiger partial charge in [-0.1, -0.05) is 30.7 Å². The first-order chi connectivity index (χ1) is 8.61. The Morgan fingerprint density at radius 2 is 2.00 bits per heavy atom. The minimum atomic E-state index is 0.572.